The minimum Gasteiger partial charge on any atom is -0.495 e. The zero-order valence-electron chi connectivity index (χ0n) is 12.2. The average molecular weight is 248 g/mol. The lowest BCUT2D eigenvalue weighted by atomic mass is 10.00. The van der Waals surface area contributed by atoms with E-state index in [1.54, 1.807) is 7.11 Å². The van der Waals surface area contributed by atoms with Gasteiger partial charge in [-0.25, -0.2) is 0 Å². The smallest absolute Gasteiger partial charge is 0.141 e. The van der Waals surface area contributed by atoms with Gasteiger partial charge in [-0.3, -0.25) is 4.98 Å². The molecule has 1 aliphatic carbocycles. The lowest BCUT2D eigenvalue weighted by Crippen LogP contribution is -2.23. The predicted molar refractivity (Wildman–Crippen MR) is 73.6 cm³/mol. The Hall–Kier alpha value is -1.09. The molecule has 100 valence electrons. The van der Waals surface area contributed by atoms with Gasteiger partial charge in [0, 0.05) is 6.20 Å². The molecule has 0 saturated heterocycles. The summed E-state index contributed by atoms with van der Waals surface area (Å²) in [7, 11) is 3.71. The van der Waals surface area contributed by atoms with Crippen molar-refractivity contribution in [3.8, 4) is 5.75 Å². The molecular weight excluding hydrogens is 224 g/mol. The number of pyridine rings is 1. The zero-order valence-corrected chi connectivity index (χ0v) is 12.2. The molecule has 1 aromatic rings. The summed E-state index contributed by atoms with van der Waals surface area (Å²) < 4.78 is 5.44. The SMILES string of the molecule is CNC(c1ncccc1OC)C1C(C)(C)C1(C)C. The number of hydrogen-bond acceptors (Lipinski definition) is 3. The number of nitrogens with zero attached hydrogens (tertiary/aromatic N) is 1. The number of nitrogens with one attached hydrogen (secondary N) is 1. The maximum Gasteiger partial charge on any atom is 0.141 e. The standard InChI is InChI=1S/C15H24N2O/c1-14(2)13(15(14,3)4)12(16-5)11-10(18-6)8-7-9-17-11/h7-9,12-13,16H,1-6H3. The van der Waals surface area contributed by atoms with E-state index in [9.17, 15) is 0 Å². The first-order valence-corrected chi connectivity index (χ1v) is 6.54. The number of rotatable bonds is 4. The summed E-state index contributed by atoms with van der Waals surface area (Å²) in [6.45, 7) is 9.32. The fourth-order valence-corrected chi connectivity index (χ4v) is 3.35. The molecule has 1 unspecified atom stereocenters. The van der Waals surface area contributed by atoms with Crippen LogP contribution in [0.3, 0.4) is 0 Å². The van der Waals surface area contributed by atoms with Crippen molar-refractivity contribution in [2.24, 2.45) is 16.7 Å². The van der Waals surface area contributed by atoms with Gasteiger partial charge in [0.15, 0.2) is 0 Å². The van der Waals surface area contributed by atoms with E-state index in [4.69, 9.17) is 4.74 Å². The van der Waals surface area contributed by atoms with Gasteiger partial charge in [-0.2, -0.15) is 0 Å². The van der Waals surface area contributed by atoms with Crippen LogP contribution < -0.4 is 10.1 Å². The lowest BCUT2D eigenvalue weighted by molar-refractivity contribution is 0.373. The highest BCUT2D eigenvalue weighted by Crippen LogP contribution is 2.72. The second-order valence-corrected chi connectivity index (χ2v) is 6.28. The monoisotopic (exact) mass is 248 g/mol. The summed E-state index contributed by atoms with van der Waals surface area (Å²) in [5, 5.41) is 3.42. The van der Waals surface area contributed by atoms with E-state index in [2.05, 4.69) is 38.0 Å². The van der Waals surface area contributed by atoms with Crippen LogP contribution in [0.1, 0.15) is 39.4 Å². The number of ether oxygens (including phenoxy) is 1. The largest absolute Gasteiger partial charge is 0.495 e. The second-order valence-electron chi connectivity index (χ2n) is 6.28. The van der Waals surface area contributed by atoms with Crippen LogP contribution in [-0.2, 0) is 0 Å². The molecule has 1 aliphatic rings. The normalized spacial score (nSPS) is 22.6. The predicted octanol–water partition coefficient (Wildman–Crippen LogP) is 3.03. The third-order valence-electron chi connectivity index (χ3n) is 5.09. The molecule has 1 saturated carbocycles. The summed E-state index contributed by atoms with van der Waals surface area (Å²) in [5.41, 5.74) is 1.66. The van der Waals surface area contributed by atoms with E-state index < -0.39 is 0 Å². The van der Waals surface area contributed by atoms with Gasteiger partial charge in [0.1, 0.15) is 5.75 Å². The third-order valence-corrected chi connectivity index (χ3v) is 5.09. The first kappa shape index (κ1) is 13.3. The Morgan fingerprint density at radius 2 is 1.89 bits per heavy atom. The molecule has 3 nitrogen and oxygen atoms in total. The Labute approximate surface area is 110 Å². The Morgan fingerprint density at radius 3 is 2.33 bits per heavy atom. The summed E-state index contributed by atoms with van der Waals surface area (Å²) in [5.74, 6) is 1.44. The molecule has 18 heavy (non-hydrogen) atoms. The van der Waals surface area contributed by atoms with Crippen molar-refractivity contribution in [3.05, 3.63) is 24.0 Å². The van der Waals surface area contributed by atoms with Crippen LogP contribution in [0.4, 0.5) is 0 Å². The highest BCUT2D eigenvalue weighted by molar-refractivity contribution is 5.33. The lowest BCUT2D eigenvalue weighted by Gasteiger charge is -2.20. The maximum absolute atomic E-state index is 5.44. The molecule has 0 amide bonds. The molecule has 1 aromatic heterocycles. The summed E-state index contributed by atoms with van der Waals surface area (Å²) in [6, 6.07) is 4.14. The number of methoxy groups -OCH3 is 1. The van der Waals surface area contributed by atoms with E-state index in [1.165, 1.54) is 0 Å². The second kappa shape index (κ2) is 4.23. The van der Waals surface area contributed by atoms with Crippen LogP contribution >= 0.6 is 0 Å². The van der Waals surface area contributed by atoms with Crippen LogP contribution in [0, 0.1) is 16.7 Å². The van der Waals surface area contributed by atoms with Gasteiger partial charge in [0.2, 0.25) is 0 Å². The van der Waals surface area contributed by atoms with Crippen molar-refractivity contribution in [2.75, 3.05) is 14.2 Å². The molecule has 1 heterocycles. The molecule has 0 radical (unpaired) electrons. The molecule has 3 heteroatoms. The Kier molecular flexibility index (Phi) is 3.14. The molecule has 0 bridgehead atoms. The summed E-state index contributed by atoms with van der Waals surface area (Å²) in [6.07, 6.45) is 1.84. The maximum atomic E-state index is 5.44. The first-order valence-electron chi connectivity index (χ1n) is 6.54. The first-order chi connectivity index (χ1) is 8.37. The molecule has 1 N–H and O–H groups in total. The zero-order chi connectivity index (χ0) is 13.6. The average Bonchev–Trinajstić information content (AvgIpc) is 2.74. The molecular formula is C15H24N2O. The molecule has 0 spiro atoms. The molecule has 2 rings (SSSR count). The van der Waals surface area contributed by atoms with Crippen molar-refractivity contribution in [1.82, 2.24) is 10.3 Å². The van der Waals surface area contributed by atoms with Gasteiger partial charge >= 0.3 is 0 Å². The van der Waals surface area contributed by atoms with Gasteiger partial charge in [0.25, 0.3) is 0 Å². The van der Waals surface area contributed by atoms with E-state index >= 15 is 0 Å². The van der Waals surface area contributed by atoms with Crippen LogP contribution in [0.5, 0.6) is 5.75 Å². The fourth-order valence-electron chi connectivity index (χ4n) is 3.35. The van der Waals surface area contributed by atoms with E-state index in [1.807, 2.05) is 25.4 Å². The van der Waals surface area contributed by atoms with Gasteiger partial charge in [-0.15, -0.1) is 0 Å². The van der Waals surface area contributed by atoms with Crippen LogP contribution in [0.15, 0.2) is 18.3 Å². The minimum absolute atomic E-state index is 0.242. The number of aromatic nitrogens is 1. The summed E-state index contributed by atoms with van der Waals surface area (Å²) >= 11 is 0. The van der Waals surface area contributed by atoms with E-state index in [0.717, 1.165) is 11.4 Å². The fraction of sp³-hybridized carbons (Fsp3) is 0.667. The third kappa shape index (κ3) is 1.72. The van der Waals surface area contributed by atoms with Crippen molar-refractivity contribution in [2.45, 2.75) is 33.7 Å². The number of hydrogen-bond donors (Lipinski definition) is 1. The van der Waals surface area contributed by atoms with Gasteiger partial charge in [-0.1, -0.05) is 27.7 Å². The van der Waals surface area contributed by atoms with Gasteiger partial charge in [0.05, 0.1) is 18.8 Å². The van der Waals surface area contributed by atoms with Crippen LogP contribution in [0.25, 0.3) is 0 Å². The van der Waals surface area contributed by atoms with Gasteiger partial charge in [-0.05, 0) is 35.9 Å². The van der Waals surface area contributed by atoms with E-state index in [-0.39, 0.29) is 6.04 Å². The van der Waals surface area contributed by atoms with E-state index in [0.29, 0.717) is 16.7 Å². The highest BCUT2D eigenvalue weighted by atomic mass is 16.5. The van der Waals surface area contributed by atoms with Crippen LogP contribution in [0.2, 0.25) is 0 Å². The topological polar surface area (TPSA) is 34.2 Å². The van der Waals surface area contributed by atoms with Crippen molar-refractivity contribution >= 4 is 0 Å². The Morgan fingerprint density at radius 1 is 1.28 bits per heavy atom. The van der Waals surface area contributed by atoms with Gasteiger partial charge < -0.3 is 10.1 Å². The molecule has 0 aromatic carbocycles. The Balaban J connectivity index is 2.37. The van der Waals surface area contributed by atoms with Crippen molar-refractivity contribution < 1.29 is 4.74 Å². The summed E-state index contributed by atoms with van der Waals surface area (Å²) in [4.78, 5) is 4.53. The van der Waals surface area contributed by atoms with Crippen molar-refractivity contribution in [3.63, 3.8) is 0 Å². The molecule has 1 fully saturated rings. The Bertz CT molecular complexity index is 426. The highest BCUT2D eigenvalue weighted by Gasteiger charge is 2.67. The van der Waals surface area contributed by atoms with Crippen LogP contribution in [-0.4, -0.2) is 19.1 Å². The minimum atomic E-state index is 0.242. The van der Waals surface area contributed by atoms with Crippen molar-refractivity contribution in [1.29, 1.82) is 0 Å². The molecule has 0 aliphatic heterocycles. The quantitative estimate of drug-likeness (QED) is 0.889. The molecule has 1 atom stereocenters.